The predicted octanol–water partition coefficient (Wildman–Crippen LogP) is 3.64. The molecule has 0 saturated carbocycles. The lowest BCUT2D eigenvalue weighted by molar-refractivity contribution is -0.408. The number of ketones is 1. The van der Waals surface area contributed by atoms with Gasteiger partial charge in [-0.1, -0.05) is 84.0 Å². The molecule has 21 heavy (non-hydrogen) atoms. The van der Waals surface area contributed by atoms with Gasteiger partial charge in [0.25, 0.3) is 0 Å². The van der Waals surface area contributed by atoms with Gasteiger partial charge in [0.2, 0.25) is 0 Å². The Morgan fingerprint density at radius 1 is 0.810 bits per heavy atom. The lowest BCUT2D eigenvalue weighted by atomic mass is 10.0. The van der Waals surface area contributed by atoms with E-state index in [4.69, 9.17) is 5.11 Å². The van der Waals surface area contributed by atoms with E-state index >= 15 is 0 Å². The molecule has 0 aliphatic carbocycles. The van der Waals surface area contributed by atoms with Crippen molar-refractivity contribution in [3.05, 3.63) is 0 Å². The van der Waals surface area contributed by atoms with Crippen molar-refractivity contribution in [1.29, 1.82) is 0 Å². The van der Waals surface area contributed by atoms with Crippen molar-refractivity contribution in [1.82, 2.24) is 0 Å². The van der Waals surface area contributed by atoms with E-state index < -0.39 is 6.04 Å². The van der Waals surface area contributed by atoms with E-state index in [1.54, 1.807) is 0 Å². The maximum absolute atomic E-state index is 11.5. The third kappa shape index (κ3) is 14.3. The number of Topliss-reactive ketones (excluding diaryl/α,β-unsaturated/α-hetero) is 1. The first-order chi connectivity index (χ1) is 10.2. The van der Waals surface area contributed by atoms with E-state index in [-0.39, 0.29) is 12.4 Å². The van der Waals surface area contributed by atoms with Crippen LogP contribution in [0.25, 0.3) is 0 Å². The third-order valence-corrected chi connectivity index (χ3v) is 4.20. The Balaban J connectivity index is 3.11. The standard InChI is InChI=1S/C18H37NO2/c1-2-3-4-5-6-7-8-9-10-11-12-13-14-15-18(21)17(19)16-20/h17,20H,2-16,19H2,1H3/p+1/t17-/m0/s1. The highest BCUT2D eigenvalue weighted by molar-refractivity contribution is 5.82. The molecule has 0 amide bonds. The van der Waals surface area contributed by atoms with Crippen LogP contribution in [0.1, 0.15) is 96.8 Å². The van der Waals surface area contributed by atoms with Crippen LogP contribution in [-0.2, 0) is 4.79 Å². The Kier molecular flexibility index (Phi) is 15.7. The fourth-order valence-electron chi connectivity index (χ4n) is 2.62. The Morgan fingerprint density at radius 3 is 1.57 bits per heavy atom. The van der Waals surface area contributed by atoms with Crippen molar-refractivity contribution in [2.75, 3.05) is 6.61 Å². The maximum atomic E-state index is 11.5. The predicted molar refractivity (Wildman–Crippen MR) is 89.1 cm³/mol. The second-order valence-electron chi connectivity index (χ2n) is 6.34. The van der Waals surface area contributed by atoms with E-state index in [1.807, 2.05) is 0 Å². The highest BCUT2D eigenvalue weighted by Crippen LogP contribution is 2.13. The van der Waals surface area contributed by atoms with Gasteiger partial charge in [0.15, 0.2) is 11.8 Å². The smallest absolute Gasteiger partial charge is 0.192 e. The van der Waals surface area contributed by atoms with Crippen molar-refractivity contribution >= 4 is 5.78 Å². The Labute approximate surface area is 131 Å². The molecule has 0 bridgehead atoms. The van der Waals surface area contributed by atoms with Crippen LogP contribution in [-0.4, -0.2) is 23.5 Å². The summed E-state index contributed by atoms with van der Waals surface area (Å²) in [4.78, 5) is 11.5. The molecule has 0 saturated heterocycles. The summed E-state index contributed by atoms with van der Waals surface area (Å²) in [7, 11) is 0. The van der Waals surface area contributed by atoms with Crippen molar-refractivity contribution in [2.45, 2.75) is 103 Å². The maximum Gasteiger partial charge on any atom is 0.192 e. The number of aliphatic hydroxyl groups excluding tert-OH is 1. The van der Waals surface area contributed by atoms with E-state index in [0.29, 0.717) is 6.42 Å². The van der Waals surface area contributed by atoms with Crippen molar-refractivity contribution in [3.8, 4) is 0 Å². The minimum absolute atomic E-state index is 0.112. The van der Waals surface area contributed by atoms with Crippen LogP contribution < -0.4 is 5.73 Å². The average Bonchev–Trinajstić information content (AvgIpc) is 2.50. The Morgan fingerprint density at radius 2 is 1.19 bits per heavy atom. The molecule has 0 aromatic heterocycles. The second kappa shape index (κ2) is 16.0. The van der Waals surface area contributed by atoms with Crippen LogP contribution in [0.3, 0.4) is 0 Å². The average molecular weight is 301 g/mol. The molecular weight excluding hydrogens is 262 g/mol. The van der Waals surface area contributed by atoms with Crippen LogP contribution in [0.4, 0.5) is 0 Å². The van der Waals surface area contributed by atoms with Gasteiger partial charge >= 0.3 is 0 Å². The lowest BCUT2D eigenvalue weighted by Gasteiger charge is -2.04. The zero-order chi connectivity index (χ0) is 15.8. The lowest BCUT2D eigenvalue weighted by Crippen LogP contribution is -2.66. The number of aliphatic hydroxyl groups is 1. The molecule has 0 unspecified atom stereocenters. The fourth-order valence-corrected chi connectivity index (χ4v) is 2.62. The number of rotatable bonds is 16. The molecule has 3 nitrogen and oxygen atoms in total. The van der Waals surface area contributed by atoms with Crippen molar-refractivity contribution in [3.63, 3.8) is 0 Å². The first-order valence-electron chi connectivity index (χ1n) is 9.19. The molecular formula is C18H38NO2+. The van der Waals surface area contributed by atoms with Gasteiger partial charge < -0.3 is 10.8 Å². The van der Waals surface area contributed by atoms with Crippen molar-refractivity contribution < 1.29 is 15.6 Å². The highest BCUT2D eigenvalue weighted by Gasteiger charge is 2.14. The molecule has 1 atom stereocenters. The van der Waals surface area contributed by atoms with Gasteiger partial charge in [-0.3, -0.25) is 4.79 Å². The molecule has 0 aliphatic rings. The zero-order valence-electron chi connectivity index (χ0n) is 14.2. The summed E-state index contributed by atoms with van der Waals surface area (Å²) in [5.41, 5.74) is 3.64. The zero-order valence-corrected chi connectivity index (χ0v) is 14.2. The van der Waals surface area contributed by atoms with Crippen LogP contribution in [0.5, 0.6) is 0 Å². The van der Waals surface area contributed by atoms with E-state index in [2.05, 4.69) is 12.7 Å². The topological polar surface area (TPSA) is 64.9 Å². The molecule has 0 radical (unpaired) electrons. The second-order valence-corrected chi connectivity index (χ2v) is 6.34. The van der Waals surface area contributed by atoms with Crippen LogP contribution >= 0.6 is 0 Å². The molecule has 0 rings (SSSR count). The SMILES string of the molecule is CCCCCCCCCCCCCCCC(=O)[C@@H]([NH3+])CO. The molecule has 4 N–H and O–H groups in total. The largest absolute Gasteiger partial charge is 0.390 e. The summed E-state index contributed by atoms with van der Waals surface area (Å²) in [6, 6.07) is -0.415. The van der Waals surface area contributed by atoms with E-state index in [0.717, 1.165) is 12.8 Å². The third-order valence-electron chi connectivity index (χ3n) is 4.20. The summed E-state index contributed by atoms with van der Waals surface area (Å²) in [5.74, 6) is 0.112. The van der Waals surface area contributed by atoms with Gasteiger partial charge in [-0.2, -0.15) is 0 Å². The summed E-state index contributed by atoms with van der Waals surface area (Å²) < 4.78 is 0. The number of hydrogen-bond acceptors (Lipinski definition) is 2. The minimum atomic E-state index is -0.415. The summed E-state index contributed by atoms with van der Waals surface area (Å²) in [6.07, 6.45) is 17.7. The van der Waals surface area contributed by atoms with E-state index in [1.165, 1.54) is 70.6 Å². The summed E-state index contributed by atoms with van der Waals surface area (Å²) >= 11 is 0. The molecule has 0 aromatic carbocycles. The first-order valence-corrected chi connectivity index (χ1v) is 9.19. The summed E-state index contributed by atoms with van der Waals surface area (Å²) in [6.45, 7) is 2.15. The quantitative estimate of drug-likeness (QED) is 0.427. The molecule has 0 heterocycles. The van der Waals surface area contributed by atoms with E-state index in [9.17, 15) is 4.79 Å². The van der Waals surface area contributed by atoms with Crippen LogP contribution in [0.15, 0.2) is 0 Å². The monoisotopic (exact) mass is 300 g/mol. The minimum Gasteiger partial charge on any atom is -0.390 e. The van der Waals surface area contributed by atoms with Gasteiger partial charge in [0, 0.05) is 6.42 Å². The fraction of sp³-hybridized carbons (Fsp3) is 0.944. The van der Waals surface area contributed by atoms with Gasteiger partial charge in [-0.05, 0) is 6.42 Å². The first kappa shape index (κ1) is 20.6. The molecule has 3 heteroatoms. The molecule has 0 fully saturated rings. The van der Waals surface area contributed by atoms with Crippen LogP contribution in [0.2, 0.25) is 0 Å². The molecule has 0 spiro atoms. The normalized spacial score (nSPS) is 12.5. The van der Waals surface area contributed by atoms with Crippen LogP contribution in [0, 0.1) is 0 Å². The molecule has 126 valence electrons. The van der Waals surface area contributed by atoms with Crippen molar-refractivity contribution in [2.24, 2.45) is 0 Å². The van der Waals surface area contributed by atoms with Gasteiger partial charge in [0.1, 0.15) is 6.61 Å². The number of carbonyl (C=O) groups excluding carboxylic acids is 1. The molecule has 0 aromatic rings. The number of quaternary nitrogens is 1. The van der Waals surface area contributed by atoms with Gasteiger partial charge in [0.05, 0.1) is 0 Å². The number of unbranched alkanes of at least 4 members (excludes halogenated alkanes) is 12. The number of hydrogen-bond donors (Lipinski definition) is 2. The molecule has 0 aliphatic heterocycles. The Bertz CT molecular complexity index is 231. The highest BCUT2D eigenvalue weighted by atomic mass is 16.3. The van der Waals surface area contributed by atoms with Gasteiger partial charge in [-0.15, -0.1) is 0 Å². The van der Waals surface area contributed by atoms with Gasteiger partial charge in [-0.25, -0.2) is 0 Å². The Hall–Kier alpha value is -0.410. The number of carbonyl (C=O) groups is 1. The summed E-state index contributed by atoms with van der Waals surface area (Å²) in [5, 5.41) is 8.83.